The number of nitrogens with one attached hydrogen (secondary N) is 1. The molecule has 0 amide bonds. The number of nitrogens with zero attached hydrogens (tertiary/aromatic N) is 2. The Labute approximate surface area is 178 Å². The number of pyridine rings is 1. The quantitative estimate of drug-likeness (QED) is 0.401. The molecule has 0 aliphatic heterocycles. The van der Waals surface area contributed by atoms with Crippen LogP contribution in [0.1, 0.15) is 5.56 Å². The normalized spacial score (nSPS) is 11.8. The molecule has 0 fully saturated rings. The summed E-state index contributed by atoms with van der Waals surface area (Å²) < 4.78 is 28.8. The molecule has 5 aromatic rings. The number of rotatable bonds is 4. The number of thiazole rings is 1. The van der Waals surface area contributed by atoms with Gasteiger partial charge in [-0.2, -0.15) is 0 Å². The number of hydrogen-bond acceptors (Lipinski definition) is 5. The maximum Gasteiger partial charge on any atom is 0.261 e. The van der Waals surface area contributed by atoms with Gasteiger partial charge in [0.15, 0.2) is 0 Å². The van der Waals surface area contributed by atoms with Crippen LogP contribution in [0.5, 0.6) is 0 Å². The lowest BCUT2D eigenvalue weighted by Crippen LogP contribution is -2.13. The summed E-state index contributed by atoms with van der Waals surface area (Å²) in [7, 11) is -3.73. The molecule has 0 radical (unpaired) electrons. The van der Waals surface area contributed by atoms with E-state index in [9.17, 15) is 8.42 Å². The van der Waals surface area contributed by atoms with E-state index in [1.165, 1.54) is 11.3 Å². The van der Waals surface area contributed by atoms with Crippen molar-refractivity contribution in [1.82, 2.24) is 9.97 Å². The van der Waals surface area contributed by atoms with Gasteiger partial charge in [-0.1, -0.05) is 53.8 Å². The van der Waals surface area contributed by atoms with Crippen LogP contribution < -0.4 is 4.72 Å². The Morgan fingerprint density at radius 2 is 1.73 bits per heavy atom. The fourth-order valence-corrected chi connectivity index (χ4v) is 5.36. The largest absolute Gasteiger partial charge is 0.279 e. The smallest absolute Gasteiger partial charge is 0.261 e. The lowest BCUT2D eigenvalue weighted by Gasteiger charge is -2.12. The van der Waals surface area contributed by atoms with Crippen LogP contribution >= 0.6 is 11.3 Å². The Morgan fingerprint density at radius 1 is 0.900 bits per heavy atom. The third kappa shape index (κ3) is 3.42. The van der Waals surface area contributed by atoms with Crippen molar-refractivity contribution in [2.24, 2.45) is 0 Å². The third-order valence-corrected chi connectivity index (χ3v) is 7.32. The maximum absolute atomic E-state index is 13.1. The number of aromatic nitrogens is 2. The van der Waals surface area contributed by atoms with E-state index in [0.29, 0.717) is 5.69 Å². The van der Waals surface area contributed by atoms with Crippen molar-refractivity contribution in [3.63, 3.8) is 0 Å². The predicted octanol–water partition coefficient (Wildman–Crippen LogP) is 5.62. The summed E-state index contributed by atoms with van der Waals surface area (Å²) >= 11 is 1.48. The van der Waals surface area contributed by atoms with Crippen LogP contribution in [0, 0.1) is 6.92 Å². The fraction of sp³-hybridized carbons (Fsp3) is 0.0435. The average Bonchev–Trinajstić information content (AvgIpc) is 3.19. The molecule has 0 spiro atoms. The Morgan fingerprint density at radius 3 is 2.57 bits per heavy atom. The van der Waals surface area contributed by atoms with Crippen molar-refractivity contribution in [2.45, 2.75) is 11.8 Å². The van der Waals surface area contributed by atoms with Crippen LogP contribution in [-0.4, -0.2) is 18.4 Å². The molecule has 0 atom stereocenters. The van der Waals surface area contributed by atoms with Gasteiger partial charge in [-0.25, -0.2) is 18.4 Å². The summed E-state index contributed by atoms with van der Waals surface area (Å²) in [6, 6.07) is 22.3. The van der Waals surface area contributed by atoms with Crippen LogP contribution in [0.25, 0.3) is 31.7 Å². The van der Waals surface area contributed by atoms with E-state index in [1.807, 2.05) is 67.6 Å². The first-order valence-electron chi connectivity index (χ1n) is 9.34. The van der Waals surface area contributed by atoms with Crippen molar-refractivity contribution >= 4 is 48.2 Å². The van der Waals surface area contributed by atoms with Crippen LogP contribution in [0.4, 0.5) is 5.69 Å². The summed E-state index contributed by atoms with van der Waals surface area (Å²) in [6.07, 6.45) is 1.74. The van der Waals surface area contributed by atoms with E-state index in [2.05, 4.69) is 14.7 Å². The molecule has 148 valence electrons. The number of benzene rings is 3. The van der Waals surface area contributed by atoms with Gasteiger partial charge in [-0.3, -0.25) is 4.72 Å². The van der Waals surface area contributed by atoms with Gasteiger partial charge in [0.25, 0.3) is 10.0 Å². The first-order chi connectivity index (χ1) is 14.5. The fourth-order valence-electron chi connectivity index (χ4n) is 3.30. The van der Waals surface area contributed by atoms with Crippen molar-refractivity contribution < 1.29 is 8.42 Å². The van der Waals surface area contributed by atoms with E-state index >= 15 is 0 Å². The summed E-state index contributed by atoms with van der Waals surface area (Å²) in [5.74, 6) is 0. The van der Waals surface area contributed by atoms with Crippen molar-refractivity contribution in [1.29, 1.82) is 0 Å². The van der Waals surface area contributed by atoms with Crippen molar-refractivity contribution in [3.8, 4) is 10.6 Å². The maximum atomic E-state index is 13.1. The molecule has 0 saturated heterocycles. The first kappa shape index (κ1) is 18.7. The highest BCUT2D eigenvalue weighted by Gasteiger charge is 2.17. The molecule has 3 aromatic carbocycles. The lowest BCUT2D eigenvalue weighted by molar-refractivity contribution is 0.601. The van der Waals surface area contributed by atoms with Crippen LogP contribution in [0.3, 0.4) is 0 Å². The van der Waals surface area contributed by atoms with Gasteiger partial charge in [0, 0.05) is 11.8 Å². The zero-order valence-corrected chi connectivity index (χ0v) is 17.7. The topological polar surface area (TPSA) is 72.0 Å². The molecule has 0 bridgehead atoms. The summed E-state index contributed by atoms with van der Waals surface area (Å²) in [5, 5.41) is 2.68. The highest BCUT2D eigenvalue weighted by molar-refractivity contribution is 7.92. The average molecular weight is 432 g/mol. The second kappa shape index (κ2) is 7.19. The van der Waals surface area contributed by atoms with Gasteiger partial charge in [0.2, 0.25) is 0 Å². The van der Waals surface area contributed by atoms with Crippen molar-refractivity contribution in [2.75, 3.05) is 4.72 Å². The lowest BCUT2D eigenvalue weighted by atomic mass is 10.1. The zero-order chi connectivity index (χ0) is 20.7. The number of hydrogen-bond donors (Lipinski definition) is 1. The van der Waals surface area contributed by atoms with Crippen LogP contribution in [0.15, 0.2) is 83.9 Å². The number of aryl methyl sites for hydroxylation is 1. The second-order valence-corrected chi connectivity index (χ2v) is 9.65. The van der Waals surface area contributed by atoms with Gasteiger partial charge in [0.1, 0.15) is 15.4 Å². The minimum Gasteiger partial charge on any atom is -0.279 e. The molecule has 5 rings (SSSR count). The molecule has 0 saturated carbocycles. The zero-order valence-electron chi connectivity index (χ0n) is 16.0. The number of anilines is 1. The minimum absolute atomic E-state index is 0.232. The highest BCUT2D eigenvalue weighted by Crippen LogP contribution is 2.32. The molecule has 7 heteroatoms. The summed E-state index contributed by atoms with van der Waals surface area (Å²) in [5.41, 5.74) is 3.05. The van der Waals surface area contributed by atoms with Crippen molar-refractivity contribution in [3.05, 3.63) is 84.6 Å². The van der Waals surface area contributed by atoms with Crippen LogP contribution in [-0.2, 0) is 10.0 Å². The summed E-state index contributed by atoms with van der Waals surface area (Å²) in [6.45, 7) is 1.88. The standard InChI is InChI=1S/C23H17N3O2S2/c1-15-8-9-18(22-25-20-7-4-12-24-23(20)29-22)14-21(15)26-30(27,28)19-11-10-16-5-2-3-6-17(16)13-19/h2-14,26H,1H3. The molecular weight excluding hydrogens is 414 g/mol. The molecular formula is C23H17N3O2S2. The monoisotopic (exact) mass is 431 g/mol. The molecule has 0 aliphatic rings. The molecule has 0 aliphatic carbocycles. The van der Waals surface area contributed by atoms with Gasteiger partial charge in [-0.05, 0) is 53.6 Å². The van der Waals surface area contributed by atoms with Gasteiger partial charge in [0.05, 0.1) is 10.6 Å². The molecule has 1 N–H and O–H groups in total. The Kier molecular flexibility index (Phi) is 4.49. The molecule has 5 nitrogen and oxygen atoms in total. The molecule has 2 heterocycles. The van der Waals surface area contributed by atoms with Gasteiger partial charge in [-0.15, -0.1) is 0 Å². The number of sulfonamides is 1. The van der Waals surface area contributed by atoms with Gasteiger partial charge >= 0.3 is 0 Å². The Balaban J connectivity index is 1.52. The molecule has 0 unspecified atom stereocenters. The second-order valence-electron chi connectivity index (χ2n) is 6.99. The SMILES string of the molecule is Cc1ccc(-c2nc3cccnc3s2)cc1NS(=O)(=O)c1ccc2ccccc2c1. The Bertz CT molecular complexity index is 1470. The summed E-state index contributed by atoms with van der Waals surface area (Å²) in [4.78, 5) is 10.0. The highest BCUT2D eigenvalue weighted by atomic mass is 32.2. The molecule has 2 aromatic heterocycles. The van der Waals surface area contributed by atoms with E-state index in [-0.39, 0.29) is 4.90 Å². The third-order valence-electron chi connectivity index (χ3n) is 4.93. The first-order valence-corrected chi connectivity index (χ1v) is 11.6. The van der Waals surface area contributed by atoms with E-state index in [4.69, 9.17) is 0 Å². The predicted molar refractivity (Wildman–Crippen MR) is 122 cm³/mol. The van der Waals surface area contributed by atoms with Gasteiger partial charge < -0.3 is 0 Å². The van der Waals surface area contributed by atoms with E-state index < -0.39 is 10.0 Å². The van der Waals surface area contributed by atoms with E-state index in [1.54, 1.807) is 18.3 Å². The Hall–Kier alpha value is -3.29. The minimum atomic E-state index is -3.73. The number of fused-ring (bicyclic) bond motifs is 2. The molecule has 30 heavy (non-hydrogen) atoms. The van der Waals surface area contributed by atoms with Crippen LogP contribution in [0.2, 0.25) is 0 Å². The van der Waals surface area contributed by atoms with E-state index in [0.717, 1.165) is 37.3 Å².